The van der Waals surface area contributed by atoms with Crippen LogP contribution in [0.4, 0.5) is 11.4 Å². The number of aliphatic hydroxyl groups excluding tert-OH is 1. The Labute approximate surface area is 114 Å². The fourth-order valence-electron chi connectivity index (χ4n) is 2.50. The van der Waals surface area contributed by atoms with Gasteiger partial charge in [-0.3, -0.25) is 25.1 Å². The Balaban J connectivity index is 2.27. The molecule has 1 N–H and O–H groups in total. The highest BCUT2D eigenvalue weighted by atomic mass is 16.6. The van der Waals surface area contributed by atoms with Gasteiger partial charge >= 0.3 is 0 Å². The van der Waals surface area contributed by atoms with E-state index in [1.165, 1.54) is 12.1 Å². The van der Waals surface area contributed by atoms with Gasteiger partial charge in [-0.2, -0.15) is 0 Å². The second-order valence-corrected chi connectivity index (χ2v) is 4.78. The predicted molar refractivity (Wildman–Crippen MR) is 70.3 cm³/mol. The van der Waals surface area contributed by atoms with Crippen LogP contribution in [0.1, 0.15) is 18.4 Å². The topological polar surface area (TPSA) is 110 Å². The molecule has 8 heteroatoms. The van der Waals surface area contributed by atoms with Gasteiger partial charge in [0.2, 0.25) is 0 Å². The zero-order chi connectivity index (χ0) is 14.7. The van der Waals surface area contributed by atoms with Gasteiger partial charge in [0, 0.05) is 24.2 Å². The maximum atomic E-state index is 11.0. The Bertz CT molecular complexity index is 534. The van der Waals surface area contributed by atoms with E-state index in [-0.39, 0.29) is 24.0 Å². The molecule has 1 aromatic rings. The van der Waals surface area contributed by atoms with Crippen molar-refractivity contribution in [2.24, 2.45) is 0 Å². The van der Waals surface area contributed by atoms with Gasteiger partial charge in [0.25, 0.3) is 11.4 Å². The Kier molecular flexibility index (Phi) is 4.26. The molecule has 0 saturated carbocycles. The maximum Gasteiger partial charge on any atom is 0.280 e. The van der Waals surface area contributed by atoms with E-state index in [1.54, 1.807) is 0 Å². The van der Waals surface area contributed by atoms with Gasteiger partial charge in [0.05, 0.1) is 22.5 Å². The minimum Gasteiger partial charge on any atom is -0.395 e. The second-order valence-electron chi connectivity index (χ2n) is 4.78. The molecule has 0 spiro atoms. The molecule has 108 valence electrons. The Morgan fingerprint density at radius 2 is 2.05 bits per heavy atom. The maximum absolute atomic E-state index is 11.0. The van der Waals surface area contributed by atoms with Gasteiger partial charge in [0.1, 0.15) is 0 Å². The minimum absolute atomic E-state index is 0.00444. The van der Waals surface area contributed by atoms with E-state index in [4.69, 9.17) is 0 Å². The smallest absolute Gasteiger partial charge is 0.280 e. The molecule has 0 unspecified atom stereocenters. The number of likely N-dealkylation sites (tertiary alicyclic amines) is 1. The monoisotopic (exact) mass is 281 g/mol. The van der Waals surface area contributed by atoms with Crippen molar-refractivity contribution in [3.63, 3.8) is 0 Å². The molecule has 1 aliphatic rings. The summed E-state index contributed by atoms with van der Waals surface area (Å²) in [6.45, 7) is 1.10. The first-order chi connectivity index (χ1) is 9.52. The predicted octanol–water partition coefficient (Wildman–Crippen LogP) is 1.46. The average Bonchev–Trinajstić information content (AvgIpc) is 2.85. The molecule has 1 fully saturated rings. The SMILES string of the molecule is O=[N+]([O-])c1ccc(CN2CCC[C@H]2CO)c([N+](=O)[O-])c1. The lowest BCUT2D eigenvalue weighted by Crippen LogP contribution is -2.31. The Morgan fingerprint density at radius 1 is 1.30 bits per heavy atom. The number of hydrogen-bond donors (Lipinski definition) is 1. The number of nitro groups is 2. The van der Waals surface area contributed by atoms with Crippen LogP contribution in [0.5, 0.6) is 0 Å². The third-order valence-electron chi connectivity index (χ3n) is 3.56. The normalized spacial score (nSPS) is 19.1. The highest BCUT2D eigenvalue weighted by Gasteiger charge is 2.27. The molecule has 2 rings (SSSR count). The average molecular weight is 281 g/mol. The van der Waals surface area contributed by atoms with Gasteiger partial charge < -0.3 is 5.11 Å². The summed E-state index contributed by atoms with van der Waals surface area (Å²) in [6, 6.07) is 3.68. The van der Waals surface area contributed by atoms with E-state index < -0.39 is 9.85 Å². The number of nitro benzene ring substituents is 2. The van der Waals surface area contributed by atoms with Gasteiger partial charge in [0.15, 0.2) is 0 Å². The molecule has 1 atom stereocenters. The van der Waals surface area contributed by atoms with Crippen molar-refractivity contribution in [3.05, 3.63) is 44.0 Å². The summed E-state index contributed by atoms with van der Waals surface area (Å²) in [4.78, 5) is 22.4. The summed E-state index contributed by atoms with van der Waals surface area (Å²) in [7, 11) is 0. The lowest BCUT2D eigenvalue weighted by molar-refractivity contribution is -0.394. The molecule has 20 heavy (non-hydrogen) atoms. The molecule has 0 amide bonds. The van der Waals surface area contributed by atoms with Gasteiger partial charge in [-0.15, -0.1) is 0 Å². The fraction of sp³-hybridized carbons (Fsp3) is 0.500. The molecular weight excluding hydrogens is 266 g/mol. The molecule has 1 saturated heterocycles. The van der Waals surface area contributed by atoms with Crippen LogP contribution >= 0.6 is 0 Å². The number of nitrogens with zero attached hydrogens (tertiary/aromatic N) is 3. The van der Waals surface area contributed by atoms with Crippen molar-refractivity contribution in [1.29, 1.82) is 0 Å². The highest BCUT2D eigenvalue weighted by Crippen LogP contribution is 2.28. The Morgan fingerprint density at radius 3 is 2.65 bits per heavy atom. The van der Waals surface area contributed by atoms with Crippen molar-refractivity contribution in [1.82, 2.24) is 4.90 Å². The van der Waals surface area contributed by atoms with Crippen molar-refractivity contribution >= 4 is 11.4 Å². The van der Waals surface area contributed by atoms with Crippen LogP contribution < -0.4 is 0 Å². The van der Waals surface area contributed by atoms with E-state index in [0.29, 0.717) is 12.1 Å². The quantitative estimate of drug-likeness (QED) is 0.646. The first-order valence-corrected chi connectivity index (χ1v) is 6.29. The lowest BCUT2D eigenvalue weighted by atomic mass is 10.1. The molecule has 1 aliphatic heterocycles. The first kappa shape index (κ1) is 14.4. The molecule has 0 bridgehead atoms. The Hall–Kier alpha value is -2.06. The highest BCUT2D eigenvalue weighted by molar-refractivity contribution is 5.49. The number of aliphatic hydroxyl groups is 1. The van der Waals surface area contributed by atoms with E-state index in [2.05, 4.69) is 0 Å². The summed E-state index contributed by atoms with van der Waals surface area (Å²) in [6.07, 6.45) is 1.79. The van der Waals surface area contributed by atoms with E-state index >= 15 is 0 Å². The number of benzene rings is 1. The lowest BCUT2D eigenvalue weighted by Gasteiger charge is -2.22. The molecule has 0 aromatic heterocycles. The summed E-state index contributed by atoms with van der Waals surface area (Å²) in [5.41, 5.74) is -0.107. The van der Waals surface area contributed by atoms with Gasteiger partial charge in [-0.05, 0) is 25.5 Å². The van der Waals surface area contributed by atoms with Gasteiger partial charge in [-0.1, -0.05) is 0 Å². The van der Waals surface area contributed by atoms with Crippen LogP contribution in [0, 0.1) is 20.2 Å². The van der Waals surface area contributed by atoms with E-state index in [0.717, 1.165) is 25.5 Å². The first-order valence-electron chi connectivity index (χ1n) is 6.29. The van der Waals surface area contributed by atoms with Crippen molar-refractivity contribution in [3.8, 4) is 0 Å². The number of rotatable bonds is 5. The largest absolute Gasteiger partial charge is 0.395 e. The van der Waals surface area contributed by atoms with Crippen molar-refractivity contribution in [2.75, 3.05) is 13.2 Å². The third kappa shape index (κ3) is 2.91. The molecule has 1 aromatic carbocycles. The van der Waals surface area contributed by atoms with Crippen molar-refractivity contribution in [2.45, 2.75) is 25.4 Å². The number of non-ortho nitro benzene ring substituents is 1. The zero-order valence-corrected chi connectivity index (χ0v) is 10.8. The van der Waals surface area contributed by atoms with Crippen LogP contribution in [-0.2, 0) is 6.54 Å². The van der Waals surface area contributed by atoms with E-state index in [9.17, 15) is 25.3 Å². The molecule has 8 nitrogen and oxygen atoms in total. The minimum atomic E-state index is -0.650. The molecule has 0 radical (unpaired) electrons. The summed E-state index contributed by atoms with van der Waals surface area (Å²) >= 11 is 0. The molecule has 0 aliphatic carbocycles. The van der Waals surface area contributed by atoms with Crippen LogP contribution in [-0.4, -0.2) is 39.0 Å². The summed E-state index contributed by atoms with van der Waals surface area (Å²) < 4.78 is 0. The standard InChI is InChI=1S/C12H15N3O5/c16-8-11-2-1-5-13(11)7-9-3-4-10(14(17)18)6-12(9)15(19)20/h3-4,6,11,16H,1-2,5,7-8H2/t11-/m0/s1. The van der Waals surface area contributed by atoms with Crippen LogP contribution in [0.3, 0.4) is 0 Å². The van der Waals surface area contributed by atoms with Crippen LogP contribution in [0.15, 0.2) is 18.2 Å². The second kappa shape index (κ2) is 5.93. The third-order valence-corrected chi connectivity index (χ3v) is 3.56. The number of hydrogen-bond acceptors (Lipinski definition) is 6. The van der Waals surface area contributed by atoms with Crippen LogP contribution in [0.2, 0.25) is 0 Å². The van der Waals surface area contributed by atoms with E-state index in [1.807, 2.05) is 4.90 Å². The molecular formula is C12H15N3O5. The van der Waals surface area contributed by atoms with Gasteiger partial charge in [-0.25, -0.2) is 0 Å². The van der Waals surface area contributed by atoms with Crippen molar-refractivity contribution < 1.29 is 15.0 Å². The summed E-state index contributed by atoms with van der Waals surface area (Å²) in [5.74, 6) is 0. The zero-order valence-electron chi connectivity index (χ0n) is 10.8. The molecule has 1 heterocycles. The fourth-order valence-corrected chi connectivity index (χ4v) is 2.50. The summed E-state index contributed by atoms with van der Waals surface area (Å²) in [5, 5.41) is 31.0. The van der Waals surface area contributed by atoms with Crippen LogP contribution in [0.25, 0.3) is 0 Å².